The smallest absolute Gasteiger partial charge is 0.271 e. The van der Waals surface area contributed by atoms with Gasteiger partial charge in [-0.1, -0.05) is 24.3 Å². The van der Waals surface area contributed by atoms with Crippen LogP contribution in [0.15, 0.2) is 60.7 Å². The van der Waals surface area contributed by atoms with Crippen LogP contribution in [0, 0.1) is 5.82 Å². The Bertz CT molecular complexity index is 972. The van der Waals surface area contributed by atoms with E-state index in [9.17, 15) is 14.0 Å². The van der Waals surface area contributed by atoms with E-state index < -0.39 is 0 Å². The molecule has 0 fully saturated rings. The number of carbonyl (C=O) groups is 2. The van der Waals surface area contributed by atoms with E-state index in [-0.39, 0.29) is 23.2 Å². The molecule has 1 aromatic heterocycles. The zero-order chi connectivity index (χ0) is 19.9. The van der Waals surface area contributed by atoms with Crippen molar-refractivity contribution in [1.29, 1.82) is 0 Å². The number of nitrogens with zero attached hydrogens (tertiary/aromatic N) is 2. The molecule has 1 heterocycles. The first kappa shape index (κ1) is 19.2. The third-order valence-corrected chi connectivity index (χ3v) is 4.05. The van der Waals surface area contributed by atoms with Crippen LogP contribution < -0.4 is 10.6 Å². The molecule has 0 spiro atoms. The number of hydrogen-bond acceptors (Lipinski definition) is 5. The zero-order valence-electron chi connectivity index (χ0n) is 15.3. The van der Waals surface area contributed by atoms with E-state index in [0.29, 0.717) is 30.0 Å². The summed E-state index contributed by atoms with van der Waals surface area (Å²) in [4.78, 5) is 23.6. The normalized spacial score (nSPS) is 10.4. The van der Waals surface area contributed by atoms with Crippen LogP contribution in [0.1, 0.15) is 33.3 Å². The number of aromatic nitrogens is 2. The van der Waals surface area contributed by atoms with Crippen molar-refractivity contribution in [2.24, 2.45) is 0 Å². The van der Waals surface area contributed by atoms with Crippen LogP contribution in [-0.2, 0) is 6.42 Å². The Morgan fingerprint density at radius 3 is 2.46 bits per heavy atom. The Labute approximate surface area is 161 Å². The number of anilines is 2. The molecule has 0 radical (unpaired) electrons. The molecular formula is C21H19FN4O2. The van der Waals surface area contributed by atoms with Crippen LogP contribution >= 0.6 is 0 Å². The number of nitrogens with one attached hydrogen (secondary N) is 2. The second-order valence-electron chi connectivity index (χ2n) is 6.20. The molecule has 0 aliphatic carbocycles. The second kappa shape index (κ2) is 8.85. The molecule has 0 aliphatic rings. The number of carbonyl (C=O) groups excluding carboxylic acids is 2. The fourth-order valence-corrected chi connectivity index (χ4v) is 2.55. The highest BCUT2D eigenvalue weighted by molar-refractivity contribution is 5.95. The number of benzene rings is 2. The van der Waals surface area contributed by atoms with Crippen LogP contribution in [0.4, 0.5) is 15.9 Å². The summed E-state index contributed by atoms with van der Waals surface area (Å²) in [5.74, 6) is -0.185. The second-order valence-corrected chi connectivity index (χ2v) is 6.20. The summed E-state index contributed by atoms with van der Waals surface area (Å²) < 4.78 is 12.9. The highest BCUT2D eigenvalue weighted by Crippen LogP contribution is 2.16. The first-order valence-electron chi connectivity index (χ1n) is 8.75. The Morgan fingerprint density at radius 2 is 1.79 bits per heavy atom. The van der Waals surface area contributed by atoms with Gasteiger partial charge in [-0.3, -0.25) is 9.59 Å². The lowest BCUT2D eigenvalue weighted by atomic mass is 10.1. The number of ketones is 1. The Balaban J connectivity index is 1.54. The van der Waals surface area contributed by atoms with Crippen molar-refractivity contribution < 1.29 is 14.0 Å². The molecule has 0 atom stereocenters. The monoisotopic (exact) mass is 378 g/mol. The van der Waals surface area contributed by atoms with E-state index in [1.54, 1.807) is 42.5 Å². The maximum atomic E-state index is 12.9. The van der Waals surface area contributed by atoms with Crippen molar-refractivity contribution in [3.63, 3.8) is 0 Å². The Kier molecular flexibility index (Phi) is 6.06. The minimum absolute atomic E-state index is 0.0256. The first-order valence-corrected chi connectivity index (χ1v) is 8.75. The summed E-state index contributed by atoms with van der Waals surface area (Å²) >= 11 is 0. The number of rotatable bonds is 7. The van der Waals surface area contributed by atoms with Gasteiger partial charge in [0.1, 0.15) is 5.82 Å². The maximum Gasteiger partial charge on any atom is 0.271 e. The van der Waals surface area contributed by atoms with Gasteiger partial charge in [-0.25, -0.2) is 4.39 Å². The number of amides is 1. The van der Waals surface area contributed by atoms with Crippen molar-refractivity contribution in [2.75, 3.05) is 11.9 Å². The molecule has 3 rings (SSSR count). The van der Waals surface area contributed by atoms with Gasteiger partial charge in [-0.2, -0.15) is 0 Å². The largest absolute Gasteiger partial charge is 0.350 e. The van der Waals surface area contributed by atoms with E-state index in [2.05, 4.69) is 20.8 Å². The zero-order valence-corrected chi connectivity index (χ0v) is 15.3. The van der Waals surface area contributed by atoms with Crippen LogP contribution in [0.25, 0.3) is 0 Å². The lowest BCUT2D eigenvalue weighted by Crippen LogP contribution is -2.26. The van der Waals surface area contributed by atoms with E-state index in [1.165, 1.54) is 19.1 Å². The van der Waals surface area contributed by atoms with Crippen molar-refractivity contribution in [2.45, 2.75) is 13.3 Å². The first-order chi connectivity index (χ1) is 13.5. The fraction of sp³-hybridized carbons (Fsp3) is 0.143. The van der Waals surface area contributed by atoms with Gasteiger partial charge in [0.2, 0.25) is 0 Å². The summed E-state index contributed by atoms with van der Waals surface area (Å²) in [5.41, 5.74) is 2.43. The third-order valence-electron chi connectivity index (χ3n) is 4.05. The van der Waals surface area contributed by atoms with Crippen molar-refractivity contribution >= 4 is 23.2 Å². The van der Waals surface area contributed by atoms with Gasteiger partial charge in [-0.15, -0.1) is 10.2 Å². The molecule has 0 unspecified atom stereocenters. The van der Waals surface area contributed by atoms with Crippen LogP contribution in [0.5, 0.6) is 0 Å². The van der Waals surface area contributed by atoms with Gasteiger partial charge in [0.15, 0.2) is 17.3 Å². The average Bonchev–Trinajstić information content (AvgIpc) is 2.70. The highest BCUT2D eigenvalue weighted by atomic mass is 19.1. The number of hydrogen-bond donors (Lipinski definition) is 2. The lowest BCUT2D eigenvalue weighted by molar-refractivity contribution is 0.0947. The molecule has 0 aliphatic heterocycles. The van der Waals surface area contributed by atoms with Gasteiger partial charge >= 0.3 is 0 Å². The van der Waals surface area contributed by atoms with E-state index in [4.69, 9.17) is 0 Å². The molecule has 2 aromatic carbocycles. The fourth-order valence-electron chi connectivity index (χ4n) is 2.55. The van der Waals surface area contributed by atoms with Gasteiger partial charge in [-0.05, 0) is 55.3 Å². The van der Waals surface area contributed by atoms with Gasteiger partial charge < -0.3 is 10.6 Å². The predicted octanol–water partition coefficient (Wildman–Crippen LogP) is 3.53. The SMILES string of the molecule is CC(=O)c1cccc(Nc2ccc(C(=O)NCCc3ccc(F)cc3)nn2)c1. The molecule has 0 saturated carbocycles. The summed E-state index contributed by atoms with van der Waals surface area (Å²) in [6.45, 7) is 1.91. The van der Waals surface area contributed by atoms with Crippen molar-refractivity contribution in [1.82, 2.24) is 15.5 Å². The molecule has 6 nitrogen and oxygen atoms in total. The van der Waals surface area contributed by atoms with E-state index in [1.807, 2.05) is 6.07 Å². The Morgan fingerprint density at radius 1 is 1.00 bits per heavy atom. The molecule has 142 valence electrons. The summed E-state index contributed by atoms with van der Waals surface area (Å²) in [7, 11) is 0. The predicted molar refractivity (Wildman–Crippen MR) is 104 cm³/mol. The lowest BCUT2D eigenvalue weighted by Gasteiger charge is -2.07. The third kappa shape index (κ3) is 5.20. The Hall–Kier alpha value is -3.61. The van der Waals surface area contributed by atoms with E-state index in [0.717, 1.165) is 5.56 Å². The molecule has 1 amide bonds. The molecular weight excluding hydrogens is 359 g/mol. The standard InChI is InChI=1S/C21H19FN4O2/c1-14(27)16-3-2-4-18(13-16)24-20-10-9-19(25-26-20)21(28)23-12-11-15-5-7-17(22)8-6-15/h2-10,13H,11-12H2,1H3,(H,23,28)(H,24,26). The van der Waals surface area contributed by atoms with Crippen LogP contribution in [0.2, 0.25) is 0 Å². The van der Waals surface area contributed by atoms with Crippen molar-refractivity contribution in [3.8, 4) is 0 Å². The molecule has 0 bridgehead atoms. The molecule has 28 heavy (non-hydrogen) atoms. The molecule has 2 N–H and O–H groups in total. The highest BCUT2D eigenvalue weighted by Gasteiger charge is 2.08. The molecule has 0 saturated heterocycles. The van der Waals surface area contributed by atoms with Gasteiger partial charge in [0, 0.05) is 17.8 Å². The topological polar surface area (TPSA) is 84.0 Å². The quantitative estimate of drug-likeness (QED) is 0.615. The average molecular weight is 378 g/mol. The van der Waals surface area contributed by atoms with Crippen LogP contribution in [-0.4, -0.2) is 28.4 Å². The number of halogens is 1. The van der Waals surface area contributed by atoms with Gasteiger partial charge in [0.25, 0.3) is 5.91 Å². The summed E-state index contributed by atoms with van der Waals surface area (Å²) in [6.07, 6.45) is 0.589. The molecule has 3 aromatic rings. The minimum Gasteiger partial charge on any atom is -0.350 e. The minimum atomic E-state index is -0.334. The summed E-state index contributed by atoms with van der Waals surface area (Å²) in [6, 6.07) is 16.4. The van der Waals surface area contributed by atoms with Crippen LogP contribution in [0.3, 0.4) is 0 Å². The number of Topliss-reactive ketones (excluding diaryl/α,β-unsaturated/α-hetero) is 1. The summed E-state index contributed by atoms with van der Waals surface area (Å²) in [5, 5.41) is 13.7. The molecule has 7 heteroatoms. The van der Waals surface area contributed by atoms with E-state index >= 15 is 0 Å². The van der Waals surface area contributed by atoms with Gasteiger partial charge in [0.05, 0.1) is 0 Å². The van der Waals surface area contributed by atoms with Crippen molar-refractivity contribution in [3.05, 3.63) is 83.3 Å². The maximum absolute atomic E-state index is 12.9.